The molecule has 1 aromatic heterocycles. The van der Waals surface area contributed by atoms with E-state index in [0.29, 0.717) is 18.9 Å². The number of anilines is 2. The van der Waals surface area contributed by atoms with Gasteiger partial charge in [-0.05, 0) is 37.9 Å². The van der Waals surface area contributed by atoms with Crippen LogP contribution in [-0.2, 0) is 18.9 Å². The second kappa shape index (κ2) is 10.9. The minimum absolute atomic E-state index is 0.0624. The maximum atomic E-state index is 12.8. The fraction of sp³-hybridized carbons (Fsp3) is 0.560. The van der Waals surface area contributed by atoms with E-state index in [1.165, 1.54) is 23.4 Å². The Labute approximate surface area is 200 Å². The van der Waals surface area contributed by atoms with E-state index in [1.807, 2.05) is 11.0 Å². The highest BCUT2D eigenvalue weighted by molar-refractivity contribution is 5.79. The smallest absolute Gasteiger partial charge is 0.332 e. The molecule has 4 rings (SSSR count). The summed E-state index contributed by atoms with van der Waals surface area (Å²) < 4.78 is 2.58. The van der Waals surface area contributed by atoms with Gasteiger partial charge in [-0.25, -0.2) is 4.79 Å². The van der Waals surface area contributed by atoms with Crippen LogP contribution in [-0.4, -0.2) is 72.3 Å². The van der Waals surface area contributed by atoms with Gasteiger partial charge in [0.15, 0.2) is 0 Å². The maximum Gasteiger partial charge on any atom is 0.332 e. The Balaban J connectivity index is 1.20. The number of carbonyl (C=O) groups is 1. The molecule has 184 valence electrons. The van der Waals surface area contributed by atoms with Crippen LogP contribution in [0.3, 0.4) is 0 Å². The molecular weight excluding hydrogens is 432 g/mol. The van der Waals surface area contributed by atoms with Crippen molar-refractivity contribution in [2.45, 2.75) is 19.3 Å². The molecule has 9 heteroatoms. The summed E-state index contributed by atoms with van der Waals surface area (Å²) in [5.41, 5.74) is 0.611. The number of hydrogen-bond donors (Lipinski definition) is 1. The number of para-hydroxylation sites is 1. The van der Waals surface area contributed by atoms with Gasteiger partial charge in [-0.2, -0.15) is 0 Å². The van der Waals surface area contributed by atoms with E-state index in [-0.39, 0.29) is 23.1 Å². The lowest BCUT2D eigenvalue weighted by Gasteiger charge is -2.36. The molecule has 1 amide bonds. The summed E-state index contributed by atoms with van der Waals surface area (Å²) in [4.78, 5) is 44.1. The fourth-order valence-corrected chi connectivity index (χ4v) is 4.95. The highest BCUT2D eigenvalue weighted by Gasteiger charge is 2.27. The van der Waals surface area contributed by atoms with Gasteiger partial charge in [0.2, 0.25) is 5.91 Å². The van der Waals surface area contributed by atoms with E-state index in [2.05, 4.69) is 39.4 Å². The van der Waals surface area contributed by atoms with Gasteiger partial charge in [-0.15, -0.1) is 0 Å². The Morgan fingerprint density at radius 1 is 0.971 bits per heavy atom. The number of nitrogens with one attached hydrogen (secondary N) is 1. The molecule has 1 aromatic carbocycles. The number of nitrogens with zero attached hydrogens (tertiary/aromatic N) is 5. The fourth-order valence-electron chi connectivity index (χ4n) is 4.95. The molecule has 1 N–H and O–H groups in total. The van der Waals surface area contributed by atoms with Crippen molar-refractivity contribution in [2.75, 3.05) is 62.2 Å². The molecule has 2 aromatic rings. The second-order valence-corrected chi connectivity index (χ2v) is 9.34. The van der Waals surface area contributed by atoms with E-state index >= 15 is 0 Å². The van der Waals surface area contributed by atoms with Crippen LogP contribution < -0.4 is 26.4 Å². The normalized spacial score (nSPS) is 19.3. The molecule has 34 heavy (non-hydrogen) atoms. The molecule has 1 atom stereocenters. The van der Waals surface area contributed by atoms with Gasteiger partial charge in [0.1, 0.15) is 5.82 Å². The van der Waals surface area contributed by atoms with E-state index in [1.54, 1.807) is 7.05 Å². The number of aromatic nitrogens is 2. The molecule has 2 fully saturated rings. The molecule has 0 spiro atoms. The average Bonchev–Trinajstić information content (AvgIpc) is 2.88. The highest BCUT2D eigenvalue weighted by atomic mass is 16.2. The maximum absolute atomic E-state index is 12.8. The molecule has 9 nitrogen and oxygen atoms in total. The molecule has 2 aliphatic heterocycles. The predicted octanol–water partition coefficient (Wildman–Crippen LogP) is 0.629. The molecule has 0 bridgehead atoms. The van der Waals surface area contributed by atoms with E-state index < -0.39 is 0 Å². The minimum atomic E-state index is -0.348. The van der Waals surface area contributed by atoms with Gasteiger partial charge in [0.25, 0.3) is 5.56 Å². The number of carbonyl (C=O) groups excluding carboxylic acids is 1. The summed E-state index contributed by atoms with van der Waals surface area (Å²) in [5.74, 6) is 0.509. The number of rotatable bonds is 7. The van der Waals surface area contributed by atoms with Gasteiger partial charge < -0.3 is 15.1 Å². The van der Waals surface area contributed by atoms with Crippen LogP contribution in [0.15, 0.2) is 46.0 Å². The number of piperazine rings is 1. The minimum Gasteiger partial charge on any atom is -0.369 e. The Morgan fingerprint density at radius 2 is 1.71 bits per heavy atom. The summed E-state index contributed by atoms with van der Waals surface area (Å²) in [6.45, 7) is 7.03. The van der Waals surface area contributed by atoms with E-state index in [9.17, 15) is 14.4 Å². The van der Waals surface area contributed by atoms with Crippen LogP contribution in [0.4, 0.5) is 11.5 Å². The second-order valence-electron chi connectivity index (χ2n) is 9.34. The number of piperidine rings is 1. The zero-order chi connectivity index (χ0) is 24.1. The van der Waals surface area contributed by atoms with Gasteiger partial charge in [0.05, 0.1) is 5.92 Å². The van der Waals surface area contributed by atoms with Crippen molar-refractivity contribution in [1.29, 1.82) is 0 Å². The van der Waals surface area contributed by atoms with E-state index in [4.69, 9.17) is 0 Å². The Bertz CT molecular complexity index is 1090. The summed E-state index contributed by atoms with van der Waals surface area (Å²) >= 11 is 0. The lowest BCUT2D eigenvalue weighted by molar-refractivity contribution is -0.125. The number of hydrogen-bond acceptors (Lipinski definition) is 6. The van der Waals surface area contributed by atoms with Crippen molar-refractivity contribution in [1.82, 2.24) is 19.4 Å². The number of amides is 1. The first-order valence-corrected chi connectivity index (χ1v) is 12.3. The summed E-state index contributed by atoms with van der Waals surface area (Å²) in [5, 5.41) is 3.11. The molecule has 2 aliphatic rings. The standard InChI is InChI=1S/C25H36N6O3/c1-27-22(18-23(32)28(2)25(27)34)31-13-6-8-20(19-31)24(33)26-11-7-12-29-14-16-30(17-15-29)21-9-4-3-5-10-21/h3-5,9-10,18,20H,6-8,11-17,19H2,1-2H3,(H,26,33)/t20-/m0/s1. The van der Waals surface area contributed by atoms with Gasteiger partial charge in [-0.3, -0.25) is 23.6 Å². The molecule has 0 unspecified atom stereocenters. The molecule has 0 saturated carbocycles. The van der Waals surface area contributed by atoms with Crippen molar-refractivity contribution in [2.24, 2.45) is 20.0 Å². The van der Waals surface area contributed by atoms with Crippen LogP contribution in [0.2, 0.25) is 0 Å². The van der Waals surface area contributed by atoms with Crippen molar-refractivity contribution < 1.29 is 4.79 Å². The SMILES string of the molecule is Cn1c(N2CCC[C@H](C(=O)NCCCN3CCN(c4ccccc4)CC3)C2)cc(=O)n(C)c1=O. The number of benzene rings is 1. The van der Waals surface area contributed by atoms with Gasteiger partial charge in [-0.1, -0.05) is 18.2 Å². The van der Waals surface area contributed by atoms with Crippen molar-refractivity contribution >= 4 is 17.4 Å². The van der Waals surface area contributed by atoms with Crippen LogP contribution in [0.25, 0.3) is 0 Å². The monoisotopic (exact) mass is 468 g/mol. The van der Waals surface area contributed by atoms with Gasteiger partial charge in [0, 0.05) is 71.7 Å². The lowest BCUT2D eigenvalue weighted by Crippen LogP contribution is -2.48. The van der Waals surface area contributed by atoms with Crippen molar-refractivity contribution in [3.05, 3.63) is 57.2 Å². The van der Waals surface area contributed by atoms with Crippen molar-refractivity contribution in [3.8, 4) is 0 Å². The first-order valence-electron chi connectivity index (χ1n) is 12.3. The molecule has 0 radical (unpaired) electrons. The first-order chi connectivity index (χ1) is 16.4. The Morgan fingerprint density at radius 3 is 2.44 bits per heavy atom. The largest absolute Gasteiger partial charge is 0.369 e. The summed E-state index contributed by atoms with van der Waals surface area (Å²) in [6.07, 6.45) is 2.60. The third kappa shape index (κ3) is 5.52. The zero-order valence-corrected chi connectivity index (χ0v) is 20.3. The molecule has 0 aliphatic carbocycles. The lowest BCUT2D eigenvalue weighted by atomic mass is 9.97. The topological polar surface area (TPSA) is 82.8 Å². The van der Waals surface area contributed by atoms with Crippen LogP contribution in [0.1, 0.15) is 19.3 Å². The molecule has 3 heterocycles. The zero-order valence-electron chi connectivity index (χ0n) is 20.3. The van der Waals surface area contributed by atoms with Crippen molar-refractivity contribution in [3.63, 3.8) is 0 Å². The Hall–Kier alpha value is -3.07. The molecule has 2 saturated heterocycles. The van der Waals surface area contributed by atoms with Gasteiger partial charge >= 0.3 is 5.69 Å². The highest BCUT2D eigenvalue weighted by Crippen LogP contribution is 2.21. The summed E-state index contributed by atoms with van der Waals surface area (Å²) in [7, 11) is 3.14. The summed E-state index contributed by atoms with van der Waals surface area (Å²) in [6, 6.07) is 12.0. The van der Waals surface area contributed by atoms with Crippen LogP contribution in [0, 0.1) is 5.92 Å². The quantitative estimate of drug-likeness (QED) is 0.601. The Kier molecular flexibility index (Phi) is 7.72. The average molecular weight is 469 g/mol. The first kappa shape index (κ1) is 24.1. The third-order valence-electron chi connectivity index (χ3n) is 7.06. The van der Waals surface area contributed by atoms with Crippen LogP contribution in [0.5, 0.6) is 0 Å². The third-order valence-corrected chi connectivity index (χ3v) is 7.06. The predicted molar refractivity (Wildman–Crippen MR) is 135 cm³/mol. The van der Waals surface area contributed by atoms with E-state index in [0.717, 1.165) is 63.1 Å². The van der Waals surface area contributed by atoms with Crippen LogP contribution >= 0.6 is 0 Å². The molecular formula is C25H36N6O3.